The van der Waals surface area contributed by atoms with E-state index in [1.54, 1.807) is 0 Å². The van der Waals surface area contributed by atoms with Crippen LogP contribution in [-0.4, -0.2) is 37.0 Å². The topological polar surface area (TPSA) is 67.4 Å². The number of carbonyl (C=O) groups excluding carboxylic acids is 2. The van der Waals surface area contributed by atoms with Crippen molar-refractivity contribution in [3.8, 4) is 0 Å². The van der Waals surface area contributed by atoms with Crippen LogP contribution in [0.1, 0.15) is 6.92 Å². The summed E-state index contributed by atoms with van der Waals surface area (Å²) in [6.07, 6.45) is -10.6. The van der Waals surface area contributed by atoms with Crippen molar-refractivity contribution in [2.75, 3.05) is 6.61 Å². The van der Waals surface area contributed by atoms with Gasteiger partial charge in [0.25, 0.3) is 0 Å². The summed E-state index contributed by atoms with van der Waals surface area (Å²) in [5, 5.41) is 2.37. The molecular formula is C9H8F6N2O3. The normalized spacial score (nSPS) is 20.4. The molecule has 1 atom stereocenters. The molecule has 0 radical (unpaired) electrons. The van der Waals surface area contributed by atoms with Crippen LogP contribution in [0.3, 0.4) is 0 Å². The smallest absolute Gasteiger partial charge is 0.432 e. The van der Waals surface area contributed by atoms with Crippen molar-refractivity contribution in [2.45, 2.75) is 25.3 Å². The van der Waals surface area contributed by atoms with Gasteiger partial charge >= 0.3 is 24.4 Å². The molecule has 0 bridgehead atoms. The predicted octanol–water partition coefficient (Wildman–Crippen LogP) is 1.61. The SMILES string of the molecule is CCOC(=O)C1=C(C(F)(F)F)NC(=O)NC1C(F)(F)F. The fraction of sp³-hybridized carbons (Fsp3) is 0.556. The Labute approximate surface area is 107 Å². The first-order valence-corrected chi connectivity index (χ1v) is 5.11. The van der Waals surface area contributed by atoms with E-state index in [9.17, 15) is 35.9 Å². The molecule has 0 saturated carbocycles. The largest absolute Gasteiger partial charge is 0.463 e. The van der Waals surface area contributed by atoms with Crippen molar-refractivity contribution in [3.63, 3.8) is 0 Å². The number of esters is 1. The van der Waals surface area contributed by atoms with E-state index in [2.05, 4.69) is 4.74 Å². The number of amides is 2. The van der Waals surface area contributed by atoms with Gasteiger partial charge in [-0.1, -0.05) is 0 Å². The average molecular weight is 306 g/mol. The van der Waals surface area contributed by atoms with Gasteiger partial charge in [0.1, 0.15) is 5.70 Å². The molecule has 20 heavy (non-hydrogen) atoms. The number of hydrogen-bond donors (Lipinski definition) is 2. The summed E-state index contributed by atoms with van der Waals surface area (Å²) in [5.74, 6) is -1.81. The fourth-order valence-electron chi connectivity index (χ4n) is 1.46. The first kappa shape index (κ1) is 16.1. The van der Waals surface area contributed by atoms with Crippen molar-refractivity contribution >= 4 is 12.0 Å². The van der Waals surface area contributed by atoms with Crippen LogP contribution in [0.2, 0.25) is 0 Å². The van der Waals surface area contributed by atoms with Gasteiger partial charge in [-0.2, -0.15) is 26.3 Å². The molecule has 2 N–H and O–H groups in total. The van der Waals surface area contributed by atoms with Crippen molar-refractivity contribution in [3.05, 3.63) is 11.3 Å². The number of allylic oxidation sites excluding steroid dienone is 1. The van der Waals surface area contributed by atoms with E-state index in [0.717, 1.165) is 5.32 Å². The maximum absolute atomic E-state index is 12.7. The third-order valence-corrected chi connectivity index (χ3v) is 2.18. The Morgan fingerprint density at radius 1 is 1.25 bits per heavy atom. The summed E-state index contributed by atoms with van der Waals surface area (Å²) in [4.78, 5) is 22.2. The van der Waals surface area contributed by atoms with Crippen molar-refractivity contribution in [1.29, 1.82) is 0 Å². The molecule has 1 unspecified atom stereocenters. The minimum Gasteiger partial charge on any atom is -0.463 e. The average Bonchev–Trinajstić information content (AvgIpc) is 2.25. The minimum atomic E-state index is -5.34. The van der Waals surface area contributed by atoms with Gasteiger partial charge in [-0.3, -0.25) is 0 Å². The molecular weight excluding hydrogens is 298 g/mol. The maximum Gasteiger partial charge on any atom is 0.432 e. The summed E-state index contributed by atoms with van der Waals surface area (Å²) >= 11 is 0. The molecule has 0 aliphatic carbocycles. The lowest BCUT2D eigenvalue weighted by Crippen LogP contribution is -2.58. The molecule has 1 aliphatic heterocycles. The van der Waals surface area contributed by atoms with Gasteiger partial charge < -0.3 is 15.4 Å². The lowest BCUT2D eigenvalue weighted by Gasteiger charge is -2.30. The van der Waals surface area contributed by atoms with Crippen LogP contribution >= 0.6 is 0 Å². The predicted molar refractivity (Wildman–Crippen MR) is 51.2 cm³/mol. The Morgan fingerprint density at radius 2 is 1.80 bits per heavy atom. The number of alkyl halides is 6. The first-order valence-electron chi connectivity index (χ1n) is 5.11. The highest BCUT2D eigenvalue weighted by Gasteiger charge is 2.54. The number of ether oxygens (including phenoxy) is 1. The third kappa shape index (κ3) is 3.33. The summed E-state index contributed by atoms with van der Waals surface area (Å²) < 4.78 is 80.2. The van der Waals surface area contributed by atoms with Gasteiger partial charge in [-0.05, 0) is 6.92 Å². The van der Waals surface area contributed by atoms with E-state index < -0.39 is 48.3 Å². The lowest BCUT2D eigenvalue weighted by molar-refractivity contribution is -0.159. The molecule has 5 nitrogen and oxygen atoms in total. The van der Waals surface area contributed by atoms with Gasteiger partial charge in [-0.25, -0.2) is 9.59 Å². The van der Waals surface area contributed by atoms with Crippen LogP contribution in [-0.2, 0) is 9.53 Å². The number of halogens is 6. The highest BCUT2D eigenvalue weighted by atomic mass is 19.4. The molecule has 0 fully saturated rings. The van der Waals surface area contributed by atoms with Gasteiger partial charge in [0, 0.05) is 0 Å². The quantitative estimate of drug-likeness (QED) is 0.601. The zero-order valence-corrected chi connectivity index (χ0v) is 9.78. The molecule has 1 heterocycles. The Kier molecular flexibility index (Phi) is 4.20. The third-order valence-electron chi connectivity index (χ3n) is 2.18. The Hall–Kier alpha value is -1.94. The summed E-state index contributed by atoms with van der Waals surface area (Å²) in [5.41, 5.74) is -3.81. The Balaban J connectivity index is 3.44. The van der Waals surface area contributed by atoms with Crippen LogP contribution in [0.5, 0.6) is 0 Å². The van der Waals surface area contributed by atoms with Crippen molar-refractivity contribution < 1.29 is 40.7 Å². The monoisotopic (exact) mass is 306 g/mol. The second kappa shape index (κ2) is 5.21. The number of carbonyl (C=O) groups is 2. The Morgan fingerprint density at radius 3 is 2.20 bits per heavy atom. The molecule has 2 amide bonds. The number of nitrogens with one attached hydrogen (secondary N) is 2. The highest BCUT2D eigenvalue weighted by molar-refractivity contribution is 5.95. The Bertz CT molecular complexity index is 454. The van der Waals surface area contributed by atoms with Crippen LogP contribution in [0.25, 0.3) is 0 Å². The zero-order valence-electron chi connectivity index (χ0n) is 9.78. The molecule has 0 spiro atoms. The lowest BCUT2D eigenvalue weighted by atomic mass is 10.0. The van der Waals surface area contributed by atoms with E-state index in [-0.39, 0.29) is 0 Å². The number of urea groups is 1. The zero-order chi connectivity index (χ0) is 15.7. The minimum absolute atomic E-state index is 0.425. The second-order valence-electron chi connectivity index (χ2n) is 3.58. The molecule has 11 heteroatoms. The van der Waals surface area contributed by atoms with E-state index in [4.69, 9.17) is 0 Å². The standard InChI is InChI=1S/C9H8F6N2O3/c1-2-20-6(18)3-4(8(10,11)12)16-7(19)17-5(3)9(13,14)15/h4H,2H2,1H3,(H2,16,17,19). The summed E-state index contributed by atoms with van der Waals surface area (Å²) in [6.45, 7) is 0.787. The fourth-order valence-corrected chi connectivity index (χ4v) is 1.46. The van der Waals surface area contributed by atoms with E-state index in [1.165, 1.54) is 12.2 Å². The molecule has 0 aromatic heterocycles. The van der Waals surface area contributed by atoms with E-state index in [1.807, 2.05) is 0 Å². The molecule has 0 saturated heterocycles. The molecule has 1 aliphatic rings. The van der Waals surface area contributed by atoms with Crippen LogP contribution in [0.4, 0.5) is 31.1 Å². The van der Waals surface area contributed by atoms with Gasteiger partial charge in [0.15, 0.2) is 6.04 Å². The van der Waals surface area contributed by atoms with Gasteiger partial charge in [0.2, 0.25) is 0 Å². The second-order valence-corrected chi connectivity index (χ2v) is 3.58. The molecule has 0 aromatic rings. The maximum atomic E-state index is 12.7. The first-order chi connectivity index (χ1) is 8.98. The van der Waals surface area contributed by atoms with Crippen molar-refractivity contribution in [2.24, 2.45) is 0 Å². The van der Waals surface area contributed by atoms with Gasteiger partial charge in [-0.15, -0.1) is 0 Å². The number of hydrogen-bond acceptors (Lipinski definition) is 3. The van der Waals surface area contributed by atoms with Gasteiger partial charge in [0.05, 0.1) is 12.2 Å². The van der Waals surface area contributed by atoms with E-state index in [0.29, 0.717) is 0 Å². The number of rotatable bonds is 2. The van der Waals surface area contributed by atoms with Crippen LogP contribution in [0, 0.1) is 0 Å². The summed E-state index contributed by atoms with van der Waals surface area (Å²) in [6, 6.07) is -4.81. The van der Waals surface area contributed by atoms with E-state index >= 15 is 0 Å². The molecule has 0 aromatic carbocycles. The van der Waals surface area contributed by atoms with Crippen LogP contribution in [0.15, 0.2) is 11.3 Å². The van der Waals surface area contributed by atoms with Crippen LogP contribution < -0.4 is 10.6 Å². The summed E-state index contributed by atoms with van der Waals surface area (Å²) in [7, 11) is 0. The molecule has 114 valence electrons. The highest BCUT2D eigenvalue weighted by Crippen LogP contribution is 2.35. The van der Waals surface area contributed by atoms with Crippen molar-refractivity contribution in [1.82, 2.24) is 10.6 Å². The molecule has 1 rings (SSSR count).